The summed E-state index contributed by atoms with van der Waals surface area (Å²) in [7, 11) is 1.54. The highest BCUT2D eigenvalue weighted by atomic mass is 35.5. The second-order valence-electron chi connectivity index (χ2n) is 6.37. The molecule has 2 N–H and O–H groups in total. The molecule has 3 aromatic rings. The van der Waals surface area contributed by atoms with Crippen molar-refractivity contribution in [3.05, 3.63) is 88.9 Å². The van der Waals surface area contributed by atoms with Crippen molar-refractivity contribution in [3.8, 4) is 11.5 Å². The normalized spacial score (nSPS) is 10.5. The first-order valence-electron chi connectivity index (χ1n) is 9.29. The zero-order chi connectivity index (χ0) is 22.1. The lowest BCUT2D eigenvalue weighted by Crippen LogP contribution is -2.32. The van der Waals surface area contributed by atoms with Gasteiger partial charge in [-0.25, -0.2) is 5.43 Å². The first-order valence-corrected chi connectivity index (χ1v) is 9.67. The van der Waals surface area contributed by atoms with Crippen LogP contribution in [0.1, 0.15) is 11.1 Å². The van der Waals surface area contributed by atoms with Crippen LogP contribution < -0.4 is 20.2 Å². The fourth-order valence-corrected chi connectivity index (χ4v) is 2.60. The third kappa shape index (κ3) is 6.87. The van der Waals surface area contributed by atoms with Gasteiger partial charge in [-0.3, -0.25) is 9.59 Å². The maximum Gasteiger partial charge on any atom is 0.329 e. The Morgan fingerprint density at radius 1 is 0.903 bits per heavy atom. The van der Waals surface area contributed by atoms with E-state index in [1.54, 1.807) is 55.6 Å². The number of ether oxygens (including phenoxy) is 2. The van der Waals surface area contributed by atoms with Gasteiger partial charge in [-0.05, 0) is 71.8 Å². The van der Waals surface area contributed by atoms with E-state index < -0.39 is 11.8 Å². The molecule has 0 aliphatic rings. The highest BCUT2D eigenvalue weighted by Crippen LogP contribution is 2.16. The molecule has 0 saturated carbocycles. The van der Waals surface area contributed by atoms with E-state index in [2.05, 4.69) is 15.8 Å². The number of nitrogens with one attached hydrogen (secondary N) is 2. The molecule has 7 nitrogen and oxygen atoms in total. The highest BCUT2D eigenvalue weighted by Gasteiger charge is 2.12. The van der Waals surface area contributed by atoms with Gasteiger partial charge in [-0.2, -0.15) is 5.10 Å². The van der Waals surface area contributed by atoms with E-state index in [1.165, 1.54) is 6.21 Å². The van der Waals surface area contributed by atoms with Crippen LogP contribution in [0.4, 0.5) is 5.69 Å². The van der Waals surface area contributed by atoms with Crippen LogP contribution in [0, 0.1) is 0 Å². The molecule has 0 fully saturated rings. The van der Waals surface area contributed by atoms with E-state index in [9.17, 15) is 9.59 Å². The van der Waals surface area contributed by atoms with Crippen molar-refractivity contribution in [2.75, 3.05) is 12.4 Å². The molecule has 0 saturated heterocycles. The molecule has 0 atom stereocenters. The number of hydrazone groups is 1. The average molecular weight is 438 g/mol. The van der Waals surface area contributed by atoms with Gasteiger partial charge in [0.1, 0.15) is 18.1 Å². The minimum atomic E-state index is -0.880. The lowest BCUT2D eigenvalue weighted by molar-refractivity contribution is -0.136. The maximum absolute atomic E-state index is 11.9. The number of benzene rings is 3. The summed E-state index contributed by atoms with van der Waals surface area (Å²) in [6.07, 6.45) is 1.43. The van der Waals surface area contributed by atoms with Crippen LogP contribution in [0.3, 0.4) is 0 Å². The van der Waals surface area contributed by atoms with Gasteiger partial charge in [0.25, 0.3) is 0 Å². The molecule has 0 spiro atoms. The van der Waals surface area contributed by atoms with Gasteiger partial charge in [0.05, 0.1) is 13.3 Å². The molecule has 3 rings (SSSR count). The van der Waals surface area contributed by atoms with Crippen LogP contribution in [-0.4, -0.2) is 25.1 Å². The summed E-state index contributed by atoms with van der Waals surface area (Å²) in [5.41, 5.74) is 4.40. The Balaban J connectivity index is 1.45. The molecule has 0 heterocycles. The van der Waals surface area contributed by atoms with Crippen molar-refractivity contribution in [2.24, 2.45) is 5.10 Å². The Bertz CT molecular complexity index is 1050. The van der Waals surface area contributed by atoms with E-state index in [4.69, 9.17) is 21.1 Å². The van der Waals surface area contributed by atoms with Gasteiger partial charge in [0.2, 0.25) is 0 Å². The van der Waals surface area contributed by atoms with Gasteiger partial charge in [0.15, 0.2) is 0 Å². The van der Waals surface area contributed by atoms with Crippen molar-refractivity contribution < 1.29 is 19.1 Å². The summed E-state index contributed by atoms with van der Waals surface area (Å²) in [6, 6.07) is 21.2. The van der Waals surface area contributed by atoms with Crippen molar-refractivity contribution in [1.82, 2.24) is 5.43 Å². The molecular weight excluding hydrogens is 418 g/mol. The zero-order valence-corrected chi connectivity index (χ0v) is 17.4. The van der Waals surface area contributed by atoms with Gasteiger partial charge in [0, 0.05) is 10.7 Å². The van der Waals surface area contributed by atoms with E-state index >= 15 is 0 Å². The quantitative estimate of drug-likeness (QED) is 0.332. The molecule has 158 valence electrons. The fraction of sp³-hybridized carbons (Fsp3) is 0.0870. The van der Waals surface area contributed by atoms with Gasteiger partial charge >= 0.3 is 11.8 Å². The van der Waals surface area contributed by atoms with Gasteiger partial charge in [-0.1, -0.05) is 23.7 Å². The summed E-state index contributed by atoms with van der Waals surface area (Å²) in [4.78, 5) is 23.8. The van der Waals surface area contributed by atoms with Crippen LogP contribution in [-0.2, 0) is 16.2 Å². The summed E-state index contributed by atoms with van der Waals surface area (Å²) in [5, 5.41) is 6.96. The third-order valence-corrected chi connectivity index (χ3v) is 4.38. The minimum absolute atomic E-state index is 0.421. The van der Waals surface area contributed by atoms with Crippen LogP contribution >= 0.6 is 11.6 Å². The maximum atomic E-state index is 11.9. The standard InChI is InChI=1S/C23H20ClN3O4/c1-30-20-12-8-19(9-13-20)26-22(28)23(29)27-25-14-16-4-10-21(11-5-16)31-15-17-2-6-18(24)7-3-17/h2-14H,15H2,1H3,(H,26,28)(H,27,29). The Kier molecular flexibility index (Phi) is 7.61. The summed E-state index contributed by atoms with van der Waals surface area (Å²) in [6.45, 7) is 0.421. The second-order valence-corrected chi connectivity index (χ2v) is 6.80. The first-order chi connectivity index (χ1) is 15.0. The third-order valence-electron chi connectivity index (χ3n) is 4.13. The fourth-order valence-electron chi connectivity index (χ4n) is 2.48. The average Bonchev–Trinajstić information content (AvgIpc) is 2.80. The van der Waals surface area contributed by atoms with Crippen LogP contribution in [0.5, 0.6) is 11.5 Å². The number of anilines is 1. The van der Waals surface area contributed by atoms with Crippen molar-refractivity contribution in [3.63, 3.8) is 0 Å². The number of amides is 2. The number of hydrogen-bond donors (Lipinski definition) is 2. The van der Waals surface area contributed by atoms with Gasteiger partial charge < -0.3 is 14.8 Å². The number of halogens is 1. The summed E-state index contributed by atoms with van der Waals surface area (Å²) in [5.74, 6) is -0.369. The van der Waals surface area contributed by atoms with Crippen LogP contribution in [0.25, 0.3) is 0 Å². The summed E-state index contributed by atoms with van der Waals surface area (Å²) >= 11 is 5.87. The monoisotopic (exact) mass is 437 g/mol. The number of methoxy groups -OCH3 is 1. The van der Waals surface area contributed by atoms with E-state index in [0.717, 1.165) is 11.1 Å². The smallest absolute Gasteiger partial charge is 0.329 e. The van der Waals surface area contributed by atoms with Crippen molar-refractivity contribution >= 4 is 35.3 Å². The molecular formula is C23H20ClN3O4. The predicted octanol–water partition coefficient (Wildman–Crippen LogP) is 4.02. The Hall–Kier alpha value is -3.84. The predicted molar refractivity (Wildman–Crippen MR) is 120 cm³/mol. The highest BCUT2D eigenvalue weighted by molar-refractivity contribution is 6.39. The molecule has 3 aromatic carbocycles. The van der Waals surface area contributed by atoms with E-state index in [0.29, 0.717) is 28.8 Å². The van der Waals surface area contributed by atoms with Crippen molar-refractivity contribution in [1.29, 1.82) is 0 Å². The van der Waals surface area contributed by atoms with Crippen molar-refractivity contribution in [2.45, 2.75) is 6.61 Å². The van der Waals surface area contributed by atoms with E-state index in [-0.39, 0.29) is 0 Å². The van der Waals surface area contributed by atoms with Gasteiger partial charge in [-0.15, -0.1) is 0 Å². The lowest BCUT2D eigenvalue weighted by atomic mass is 10.2. The Morgan fingerprint density at radius 3 is 2.19 bits per heavy atom. The molecule has 0 aliphatic carbocycles. The largest absolute Gasteiger partial charge is 0.497 e. The molecule has 0 unspecified atom stereocenters. The van der Waals surface area contributed by atoms with Crippen LogP contribution in [0.15, 0.2) is 77.9 Å². The number of nitrogens with zero attached hydrogens (tertiary/aromatic N) is 1. The summed E-state index contributed by atoms with van der Waals surface area (Å²) < 4.78 is 10.8. The zero-order valence-electron chi connectivity index (χ0n) is 16.7. The number of carbonyl (C=O) groups is 2. The molecule has 2 amide bonds. The molecule has 0 radical (unpaired) electrons. The number of hydrogen-bond acceptors (Lipinski definition) is 5. The molecule has 8 heteroatoms. The Morgan fingerprint density at radius 2 is 1.55 bits per heavy atom. The molecule has 0 aromatic heterocycles. The molecule has 0 bridgehead atoms. The Labute approximate surface area is 184 Å². The SMILES string of the molecule is COc1ccc(NC(=O)C(=O)NN=Cc2ccc(OCc3ccc(Cl)cc3)cc2)cc1. The topological polar surface area (TPSA) is 89.0 Å². The van der Waals surface area contributed by atoms with Crippen LogP contribution in [0.2, 0.25) is 5.02 Å². The number of rotatable bonds is 7. The number of carbonyl (C=O) groups excluding carboxylic acids is 2. The molecule has 0 aliphatic heterocycles. The molecule has 31 heavy (non-hydrogen) atoms. The minimum Gasteiger partial charge on any atom is -0.497 e. The lowest BCUT2D eigenvalue weighted by Gasteiger charge is -2.06. The van der Waals surface area contributed by atoms with E-state index in [1.807, 2.05) is 24.3 Å². The second kappa shape index (κ2) is 10.8. The first kappa shape index (κ1) is 21.9.